The molecule has 0 saturated carbocycles. The van der Waals surface area contributed by atoms with Crippen molar-refractivity contribution < 1.29 is 23.8 Å². The van der Waals surface area contributed by atoms with E-state index in [0.29, 0.717) is 41.8 Å². The van der Waals surface area contributed by atoms with Crippen molar-refractivity contribution in [3.63, 3.8) is 0 Å². The maximum absolute atomic E-state index is 13.2. The average Bonchev–Trinajstić information content (AvgIpc) is 2.70. The first-order chi connectivity index (χ1) is 13.0. The number of ketones is 2. The van der Waals surface area contributed by atoms with Gasteiger partial charge in [-0.1, -0.05) is 0 Å². The van der Waals surface area contributed by atoms with Crippen LogP contribution in [0.25, 0.3) is 0 Å². The number of rotatable bonds is 7. The first-order valence-electron chi connectivity index (χ1n) is 8.38. The van der Waals surface area contributed by atoms with E-state index in [-0.39, 0.29) is 28.3 Å². The number of benzene rings is 2. The molecule has 0 spiro atoms. The smallest absolute Gasteiger partial charge is 0.201 e. The van der Waals surface area contributed by atoms with Gasteiger partial charge in [-0.05, 0) is 23.8 Å². The van der Waals surface area contributed by atoms with Crippen LogP contribution in [0.15, 0.2) is 24.3 Å². The highest BCUT2D eigenvalue weighted by Crippen LogP contribution is 2.40. The molecule has 2 aromatic carbocycles. The van der Waals surface area contributed by atoms with E-state index in [9.17, 15) is 9.59 Å². The zero-order valence-corrected chi connectivity index (χ0v) is 16.1. The molecule has 6 nitrogen and oxygen atoms in total. The third kappa shape index (κ3) is 3.38. The summed E-state index contributed by atoms with van der Waals surface area (Å²) in [5.41, 5.74) is 1.87. The van der Waals surface area contributed by atoms with Crippen molar-refractivity contribution in [2.75, 3.05) is 33.8 Å². The molecule has 142 valence electrons. The normalized spacial score (nSPS) is 12.4. The lowest BCUT2D eigenvalue weighted by atomic mass is 9.82. The summed E-state index contributed by atoms with van der Waals surface area (Å²) in [6, 6.07) is 6.62. The minimum absolute atomic E-state index is 0.224. The average molecular weight is 390 g/mol. The molecule has 1 aliphatic carbocycles. The van der Waals surface area contributed by atoms with E-state index in [2.05, 4.69) is 5.32 Å². The van der Waals surface area contributed by atoms with Gasteiger partial charge in [-0.25, -0.2) is 0 Å². The van der Waals surface area contributed by atoms with Crippen LogP contribution in [0.5, 0.6) is 17.2 Å². The summed E-state index contributed by atoms with van der Waals surface area (Å²) in [6.07, 6.45) is 0. The van der Waals surface area contributed by atoms with E-state index in [1.165, 1.54) is 21.3 Å². The van der Waals surface area contributed by atoms with Crippen molar-refractivity contribution in [1.29, 1.82) is 0 Å². The number of hydrogen-bond donors (Lipinski definition) is 1. The molecule has 0 amide bonds. The van der Waals surface area contributed by atoms with Crippen LogP contribution in [0, 0.1) is 0 Å². The largest absolute Gasteiger partial charge is 0.497 e. The highest BCUT2D eigenvalue weighted by atomic mass is 35.5. The van der Waals surface area contributed by atoms with Crippen molar-refractivity contribution in [3.8, 4) is 17.2 Å². The van der Waals surface area contributed by atoms with Crippen LogP contribution in [0.1, 0.15) is 37.4 Å². The van der Waals surface area contributed by atoms with Crippen LogP contribution in [-0.2, 0) is 6.54 Å². The topological polar surface area (TPSA) is 73.9 Å². The molecule has 0 fully saturated rings. The lowest BCUT2D eigenvalue weighted by Gasteiger charge is -2.23. The number of hydrogen-bond acceptors (Lipinski definition) is 6. The Morgan fingerprint density at radius 3 is 2.07 bits per heavy atom. The molecule has 0 heterocycles. The van der Waals surface area contributed by atoms with Gasteiger partial charge in [0, 0.05) is 36.2 Å². The zero-order valence-electron chi connectivity index (χ0n) is 15.3. The van der Waals surface area contributed by atoms with E-state index < -0.39 is 0 Å². The molecule has 27 heavy (non-hydrogen) atoms. The second-order valence-electron chi connectivity index (χ2n) is 6.00. The maximum atomic E-state index is 13.2. The summed E-state index contributed by atoms with van der Waals surface area (Å²) in [4.78, 5) is 26.4. The van der Waals surface area contributed by atoms with Crippen molar-refractivity contribution in [2.45, 2.75) is 6.54 Å². The molecule has 1 aliphatic rings. The van der Waals surface area contributed by atoms with Crippen LogP contribution in [0.2, 0.25) is 0 Å². The van der Waals surface area contributed by atoms with Gasteiger partial charge >= 0.3 is 0 Å². The highest BCUT2D eigenvalue weighted by Gasteiger charge is 2.36. The Balaban J connectivity index is 2.17. The SMILES string of the molecule is COc1cc(OC)c2c(c1)C(=O)c1cc(CNCCCl)cc(OC)c1C2=O. The molecule has 1 N–H and O–H groups in total. The molecule has 3 rings (SSSR count). The quantitative estimate of drug-likeness (QED) is 0.495. The molecule has 0 radical (unpaired) electrons. The van der Waals surface area contributed by atoms with Crippen LogP contribution in [0.3, 0.4) is 0 Å². The number of halogens is 1. The first kappa shape index (κ1) is 19.2. The Morgan fingerprint density at radius 2 is 1.48 bits per heavy atom. The van der Waals surface area contributed by atoms with Gasteiger partial charge in [0.25, 0.3) is 0 Å². The fourth-order valence-electron chi connectivity index (χ4n) is 3.20. The molecule has 0 saturated heterocycles. The lowest BCUT2D eigenvalue weighted by Crippen LogP contribution is -2.24. The van der Waals surface area contributed by atoms with Gasteiger partial charge in [-0.3, -0.25) is 9.59 Å². The summed E-state index contributed by atoms with van der Waals surface area (Å²) in [7, 11) is 4.42. The Bertz CT molecular complexity index is 910. The van der Waals surface area contributed by atoms with Crippen molar-refractivity contribution >= 4 is 23.2 Å². The van der Waals surface area contributed by atoms with Gasteiger partial charge < -0.3 is 19.5 Å². The summed E-state index contributed by atoms with van der Waals surface area (Å²) < 4.78 is 16.0. The fraction of sp³-hybridized carbons (Fsp3) is 0.300. The maximum Gasteiger partial charge on any atom is 0.201 e. The zero-order chi connectivity index (χ0) is 19.6. The Hall–Kier alpha value is -2.57. The van der Waals surface area contributed by atoms with Crippen molar-refractivity contribution in [2.24, 2.45) is 0 Å². The van der Waals surface area contributed by atoms with Crippen molar-refractivity contribution in [1.82, 2.24) is 5.32 Å². The molecule has 0 unspecified atom stereocenters. The van der Waals surface area contributed by atoms with Crippen molar-refractivity contribution in [3.05, 3.63) is 52.1 Å². The predicted octanol–water partition coefficient (Wildman–Crippen LogP) is 2.82. The summed E-state index contributed by atoms with van der Waals surface area (Å²) in [5.74, 6) is 1.000. The van der Waals surface area contributed by atoms with Crippen LogP contribution in [-0.4, -0.2) is 45.3 Å². The molecular weight excluding hydrogens is 370 g/mol. The fourth-order valence-corrected chi connectivity index (χ4v) is 3.33. The Morgan fingerprint density at radius 1 is 0.852 bits per heavy atom. The molecular formula is C20H20ClNO5. The number of ether oxygens (including phenoxy) is 3. The van der Waals surface area contributed by atoms with Crippen LogP contribution < -0.4 is 19.5 Å². The van der Waals surface area contributed by atoms with Gasteiger partial charge in [-0.2, -0.15) is 0 Å². The van der Waals surface area contributed by atoms with Crippen LogP contribution >= 0.6 is 11.6 Å². The minimum Gasteiger partial charge on any atom is -0.497 e. The number of alkyl halides is 1. The van der Waals surface area contributed by atoms with Gasteiger partial charge in [0.15, 0.2) is 5.78 Å². The van der Waals surface area contributed by atoms with Gasteiger partial charge in [0.05, 0.1) is 32.5 Å². The number of fused-ring (bicyclic) bond motifs is 2. The van der Waals surface area contributed by atoms with E-state index in [1.54, 1.807) is 24.3 Å². The summed E-state index contributed by atoms with van der Waals surface area (Å²) in [5, 5.41) is 3.17. The standard InChI is InChI=1S/C20H20ClNO5/c1-25-12-8-14-18(16(9-12)27-3)20(24)17-13(19(14)23)6-11(7-15(17)26-2)10-22-5-4-21/h6-9,22H,4-5,10H2,1-3H3. The lowest BCUT2D eigenvalue weighted by molar-refractivity contribution is 0.0973. The van der Waals surface area contributed by atoms with E-state index in [0.717, 1.165) is 5.56 Å². The third-order valence-electron chi connectivity index (χ3n) is 4.46. The first-order valence-corrected chi connectivity index (χ1v) is 8.92. The van der Waals surface area contributed by atoms with E-state index >= 15 is 0 Å². The number of nitrogens with one attached hydrogen (secondary N) is 1. The predicted molar refractivity (Wildman–Crippen MR) is 102 cm³/mol. The Labute approximate surface area is 162 Å². The second kappa shape index (κ2) is 7.98. The molecule has 0 aromatic heterocycles. The Kier molecular flexibility index (Phi) is 5.68. The molecule has 0 atom stereocenters. The number of carbonyl (C=O) groups excluding carboxylic acids is 2. The monoisotopic (exact) mass is 389 g/mol. The van der Waals surface area contributed by atoms with Gasteiger partial charge in [0.2, 0.25) is 5.78 Å². The van der Waals surface area contributed by atoms with Gasteiger partial charge in [-0.15, -0.1) is 11.6 Å². The summed E-state index contributed by atoms with van der Waals surface area (Å²) >= 11 is 5.69. The van der Waals surface area contributed by atoms with Crippen LogP contribution in [0.4, 0.5) is 0 Å². The highest BCUT2D eigenvalue weighted by molar-refractivity contribution is 6.30. The summed E-state index contributed by atoms with van der Waals surface area (Å²) in [6.45, 7) is 1.14. The van der Waals surface area contributed by atoms with E-state index in [1.807, 2.05) is 0 Å². The minimum atomic E-state index is -0.309. The molecule has 2 aromatic rings. The number of carbonyl (C=O) groups is 2. The van der Waals surface area contributed by atoms with E-state index in [4.69, 9.17) is 25.8 Å². The molecule has 7 heteroatoms. The second-order valence-corrected chi connectivity index (χ2v) is 6.37. The number of methoxy groups -OCH3 is 3. The molecule has 0 aliphatic heterocycles. The van der Waals surface area contributed by atoms with Gasteiger partial charge in [0.1, 0.15) is 17.2 Å². The molecule has 0 bridgehead atoms. The third-order valence-corrected chi connectivity index (χ3v) is 4.65.